The molecule has 6 aliphatic rings. The fourth-order valence-corrected chi connectivity index (χ4v) is 7.40. The van der Waals surface area contributed by atoms with Crippen LogP contribution in [0.1, 0.15) is 51.4 Å². The number of fused-ring (bicyclic) bond motifs is 1. The van der Waals surface area contributed by atoms with Gasteiger partial charge in [0.25, 0.3) is 5.92 Å². The van der Waals surface area contributed by atoms with Crippen LogP contribution in [0, 0.1) is 34.5 Å². The molecule has 1 aliphatic heterocycles. The maximum atomic E-state index is 13.8. The van der Waals surface area contributed by atoms with E-state index in [1.165, 1.54) is 4.90 Å². The Morgan fingerprint density at radius 1 is 1.19 bits per heavy atom. The van der Waals surface area contributed by atoms with Crippen molar-refractivity contribution in [3.8, 4) is 6.07 Å². The monoisotopic (exact) mass is 365 g/mol. The Balaban J connectivity index is 1.42. The molecule has 7 heteroatoms. The maximum Gasteiger partial charge on any atom is 0.254 e. The number of halogens is 2. The number of nitrogens with zero attached hydrogens (tertiary/aromatic N) is 2. The highest BCUT2D eigenvalue weighted by Crippen LogP contribution is 2.63. The molecule has 0 aromatic heterocycles. The fourth-order valence-electron chi connectivity index (χ4n) is 7.40. The number of alkyl halides is 2. The Morgan fingerprint density at radius 3 is 2.38 bits per heavy atom. The van der Waals surface area contributed by atoms with Crippen molar-refractivity contribution in [1.82, 2.24) is 4.90 Å². The summed E-state index contributed by atoms with van der Waals surface area (Å²) in [5, 5.41) is 20.3. The maximum absolute atomic E-state index is 13.8. The van der Waals surface area contributed by atoms with Crippen LogP contribution >= 0.6 is 0 Å². The summed E-state index contributed by atoms with van der Waals surface area (Å²) in [7, 11) is 0. The van der Waals surface area contributed by atoms with E-state index in [0.29, 0.717) is 18.3 Å². The normalized spacial score (nSPS) is 51.5. The summed E-state index contributed by atoms with van der Waals surface area (Å²) < 4.78 is 27.6. The summed E-state index contributed by atoms with van der Waals surface area (Å²) in [6, 6.07) is -0.155. The molecule has 6 fully saturated rings. The smallest absolute Gasteiger partial charge is 0.254 e. The molecule has 0 aromatic carbocycles. The number of likely N-dealkylation sites (tertiary alicyclic amines) is 1. The molecular formula is C19H25F2N3O2. The van der Waals surface area contributed by atoms with Crippen molar-refractivity contribution in [3.05, 3.63) is 0 Å². The van der Waals surface area contributed by atoms with Gasteiger partial charge in [-0.1, -0.05) is 0 Å². The third-order valence-electron chi connectivity index (χ3n) is 8.06. The molecular weight excluding hydrogens is 340 g/mol. The topological polar surface area (TPSA) is 90.4 Å². The van der Waals surface area contributed by atoms with Gasteiger partial charge in [0.15, 0.2) is 0 Å². The quantitative estimate of drug-likeness (QED) is 0.781. The highest BCUT2D eigenvalue weighted by Gasteiger charge is 2.66. The molecule has 0 aromatic rings. The molecule has 6 rings (SSSR count). The van der Waals surface area contributed by atoms with E-state index in [1.54, 1.807) is 0 Å². The Hall–Kier alpha value is -1.26. The highest BCUT2D eigenvalue weighted by atomic mass is 19.3. The molecule has 6 atom stereocenters. The molecule has 1 amide bonds. The minimum absolute atomic E-state index is 0.0365. The molecule has 1 heterocycles. The van der Waals surface area contributed by atoms with Crippen LogP contribution in [-0.2, 0) is 4.79 Å². The van der Waals surface area contributed by atoms with E-state index in [-0.39, 0.29) is 18.7 Å². The minimum Gasteiger partial charge on any atom is -0.390 e. The van der Waals surface area contributed by atoms with Crippen molar-refractivity contribution >= 4 is 5.91 Å². The van der Waals surface area contributed by atoms with Gasteiger partial charge >= 0.3 is 0 Å². The van der Waals surface area contributed by atoms with Gasteiger partial charge in [0.1, 0.15) is 6.04 Å². The Bertz CT molecular complexity index is 691. The molecule has 5 aliphatic carbocycles. The molecule has 26 heavy (non-hydrogen) atoms. The minimum atomic E-state index is -2.78. The first kappa shape index (κ1) is 16.9. The molecule has 5 saturated carbocycles. The second-order valence-corrected chi connectivity index (χ2v) is 9.79. The van der Waals surface area contributed by atoms with Gasteiger partial charge in [-0.05, 0) is 62.2 Å². The van der Waals surface area contributed by atoms with Crippen LogP contribution in [0.15, 0.2) is 0 Å². The summed E-state index contributed by atoms with van der Waals surface area (Å²) in [5.41, 5.74) is 5.30. The number of rotatable bonds is 2. The van der Waals surface area contributed by atoms with Crippen LogP contribution in [0.3, 0.4) is 0 Å². The average Bonchev–Trinajstić information content (AvgIpc) is 2.85. The zero-order chi connectivity index (χ0) is 18.5. The summed E-state index contributed by atoms with van der Waals surface area (Å²) in [4.78, 5) is 14.6. The van der Waals surface area contributed by atoms with E-state index in [9.17, 15) is 23.9 Å². The Morgan fingerprint density at radius 2 is 1.85 bits per heavy atom. The molecule has 2 unspecified atom stereocenters. The Labute approximate surface area is 151 Å². The number of nitriles is 1. The van der Waals surface area contributed by atoms with Gasteiger partial charge in [-0.15, -0.1) is 0 Å². The lowest BCUT2D eigenvalue weighted by atomic mass is 9.46. The summed E-state index contributed by atoms with van der Waals surface area (Å²) in [5.74, 6) is -3.26. The molecule has 142 valence electrons. The van der Waals surface area contributed by atoms with Gasteiger partial charge in [0, 0.05) is 18.4 Å². The van der Waals surface area contributed by atoms with Crippen molar-refractivity contribution in [1.29, 1.82) is 5.26 Å². The standard InChI is InChI=1S/C19H25F2N3O2/c20-19(21)7-14-13(19)2-12(8-22)24(14)16(25)15(23)17-3-10-1-11(4-17)6-18(26,5-10)9-17/h10-15,26H,1-7,9,23H2/t10?,11?,12-,13-,14-,15+,17?,18?/m0/s1. The largest absolute Gasteiger partial charge is 0.390 e. The van der Waals surface area contributed by atoms with Gasteiger partial charge < -0.3 is 15.7 Å². The second kappa shape index (κ2) is 4.96. The molecule has 3 N–H and O–H groups in total. The molecule has 0 spiro atoms. The van der Waals surface area contributed by atoms with Crippen LogP contribution in [0.25, 0.3) is 0 Å². The average molecular weight is 365 g/mol. The van der Waals surface area contributed by atoms with E-state index < -0.39 is 41.0 Å². The number of aliphatic hydroxyl groups is 1. The number of hydrogen-bond acceptors (Lipinski definition) is 4. The van der Waals surface area contributed by atoms with E-state index in [0.717, 1.165) is 32.1 Å². The summed E-state index contributed by atoms with van der Waals surface area (Å²) >= 11 is 0. The number of carbonyl (C=O) groups is 1. The van der Waals surface area contributed by atoms with Gasteiger partial charge in [-0.25, -0.2) is 8.78 Å². The summed E-state index contributed by atoms with van der Waals surface area (Å²) in [6.45, 7) is 0. The van der Waals surface area contributed by atoms with E-state index >= 15 is 0 Å². The zero-order valence-electron chi connectivity index (χ0n) is 14.7. The fraction of sp³-hybridized carbons (Fsp3) is 0.895. The van der Waals surface area contributed by atoms with Gasteiger partial charge in [-0.3, -0.25) is 4.79 Å². The summed E-state index contributed by atoms with van der Waals surface area (Å²) in [6.07, 6.45) is 4.51. The van der Waals surface area contributed by atoms with Crippen molar-refractivity contribution < 1.29 is 18.7 Å². The number of carbonyl (C=O) groups excluding carboxylic acids is 1. The SMILES string of the molecule is N#C[C@@H]1C[C@H]2[C@H](CC2(F)F)N1C(=O)[C@@H](N)C12CC3CC(CC(O)(C3)C1)C2. The Kier molecular flexibility index (Phi) is 3.22. The van der Waals surface area contributed by atoms with Gasteiger partial charge in [0.05, 0.1) is 17.7 Å². The lowest BCUT2D eigenvalue weighted by Crippen LogP contribution is -2.66. The molecule has 0 radical (unpaired) electrons. The third-order valence-corrected chi connectivity index (χ3v) is 8.06. The first-order chi connectivity index (χ1) is 12.2. The van der Waals surface area contributed by atoms with Gasteiger partial charge in [-0.2, -0.15) is 5.26 Å². The van der Waals surface area contributed by atoms with Crippen LogP contribution in [-0.4, -0.2) is 45.6 Å². The van der Waals surface area contributed by atoms with Gasteiger partial charge in [0.2, 0.25) is 5.91 Å². The number of nitrogens with two attached hydrogens (primary N) is 1. The zero-order valence-corrected chi connectivity index (χ0v) is 14.7. The van der Waals surface area contributed by atoms with Crippen molar-refractivity contribution in [2.45, 2.75) is 81.0 Å². The van der Waals surface area contributed by atoms with Crippen molar-refractivity contribution in [2.75, 3.05) is 0 Å². The van der Waals surface area contributed by atoms with Crippen molar-refractivity contribution in [2.24, 2.45) is 28.9 Å². The number of hydrogen-bond donors (Lipinski definition) is 2. The first-order valence-corrected chi connectivity index (χ1v) is 9.74. The lowest BCUT2D eigenvalue weighted by molar-refractivity contribution is -0.184. The molecule has 4 bridgehead atoms. The highest BCUT2D eigenvalue weighted by molar-refractivity contribution is 5.84. The van der Waals surface area contributed by atoms with Crippen LogP contribution in [0.5, 0.6) is 0 Å². The van der Waals surface area contributed by atoms with E-state index in [2.05, 4.69) is 0 Å². The van der Waals surface area contributed by atoms with E-state index in [1.807, 2.05) is 6.07 Å². The van der Waals surface area contributed by atoms with Crippen molar-refractivity contribution in [3.63, 3.8) is 0 Å². The predicted octanol–water partition coefficient (Wildman–Crippen LogP) is 1.79. The van der Waals surface area contributed by atoms with Crippen LogP contribution in [0.4, 0.5) is 8.78 Å². The van der Waals surface area contributed by atoms with E-state index in [4.69, 9.17) is 5.73 Å². The number of amides is 1. The lowest BCUT2D eigenvalue weighted by Gasteiger charge is -2.62. The molecule has 5 nitrogen and oxygen atoms in total. The van der Waals surface area contributed by atoms with Crippen LogP contribution < -0.4 is 5.73 Å². The van der Waals surface area contributed by atoms with Crippen LogP contribution in [0.2, 0.25) is 0 Å². The first-order valence-electron chi connectivity index (χ1n) is 9.74. The molecule has 1 saturated heterocycles. The predicted molar refractivity (Wildman–Crippen MR) is 87.7 cm³/mol. The second-order valence-electron chi connectivity index (χ2n) is 9.79. The third kappa shape index (κ3) is 2.09.